The summed E-state index contributed by atoms with van der Waals surface area (Å²) in [6.07, 6.45) is 1.28. The van der Waals surface area contributed by atoms with Crippen LogP contribution in [0.3, 0.4) is 0 Å². The molecule has 5 heteroatoms. The van der Waals surface area contributed by atoms with E-state index < -0.39 is 0 Å². The van der Waals surface area contributed by atoms with Gasteiger partial charge in [0.2, 0.25) is 0 Å². The number of carbonyl (C=O) groups excluding carboxylic acids is 1. The standard InChI is InChI=1S/C19H24N2O2S/c1-5-17-19(22)21(9-8-12(2)3)16-10-14(6-7-18(16)23-17)15-11-24-13(4)20-15/h6-7,10-12,17H,5,8-9H2,1-4H3. The van der Waals surface area contributed by atoms with Crippen LogP contribution in [0.1, 0.15) is 38.6 Å². The molecule has 0 saturated carbocycles. The molecule has 1 amide bonds. The van der Waals surface area contributed by atoms with Gasteiger partial charge in [-0.1, -0.05) is 20.8 Å². The van der Waals surface area contributed by atoms with E-state index in [9.17, 15) is 4.79 Å². The van der Waals surface area contributed by atoms with Gasteiger partial charge in [-0.3, -0.25) is 4.79 Å². The quantitative estimate of drug-likeness (QED) is 0.791. The topological polar surface area (TPSA) is 42.4 Å². The van der Waals surface area contributed by atoms with Crippen LogP contribution in [-0.2, 0) is 4.79 Å². The zero-order valence-corrected chi connectivity index (χ0v) is 15.5. The van der Waals surface area contributed by atoms with Crippen molar-refractivity contribution in [3.63, 3.8) is 0 Å². The molecule has 1 unspecified atom stereocenters. The van der Waals surface area contributed by atoms with Crippen LogP contribution in [0.15, 0.2) is 23.6 Å². The highest BCUT2D eigenvalue weighted by atomic mass is 32.1. The maximum atomic E-state index is 12.8. The van der Waals surface area contributed by atoms with Crippen molar-refractivity contribution in [1.82, 2.24) is 4.98 Å². The van der Waals surface area contributed by atoms with E-state index in [0.717, 1.165) is 40.7 Å². The van der Waals surface area contributed by atoms with Crippen molar-refractivity contribution >= 4 is 22.9 Å². The number of benzene rings is 1. The molecular weight excluding hydrogens is 320 g/mol. The van der Waals surface area contributed by atoms with Crippen LogP contribution in [0.25, 0.3) is 11.3 Å². The molecule has 1 aliphatic heterocycles. The summed E-state index contributed by atoms with van der Waals surface area (Å²) < 4.78 is 5.92. The maximum absolute atomic E-state index is 12.8. The normalized spacial score (nSPS) is 17.1. The van der Waals surface area contributed by atoms with Gasteiger partial charge in [-0.05, 0) is 43.9 Å². The number of ether oxygens (including phenoxy) is 1. The minimum Gasteiger partial charge on any atom is -0.478 e. The van der Waals surface area contributed by atoms with E-state index in [0.29, 0.717) is 12.3 Å². The van der Waals surface area contributed by atoms with Gasteiger partial charge >= 0.3 is 0 Å². The molecule has 24 heavy (non-hydrogen) atoms. The summed E-state index contributed by atoms with van der Waals surface area (Å²) in [6, 6.07) is 6.03. The Morgan fingerprint density at radius 3 is 2.79 bits per heavy atom. The summed E-state index contributed by atoms with van der Waals surface area (Å²) >= 11 is 1.63. The Kier molecular flexibility index (Phi) is 4.90. The number of anilines is 1. The summed E-state index contributed by atoms with van der Waals surface area (Å²) in [6.45, 7) is 9.07. The molecule has 1 aromatic heterocycles. The second-order valence-corrected chi connectivity index (χ2v) is 7.68. The molecule has 128 valence electrons. The monoisotopic (exact) mass is 344 g/mol. The first-order valence-electron chi connectivity index (χ1n) is 8.54. The number of thiazole rings is 1. The molecule has 0 radical (unpaired) electrons. The molecule has 0 fully saturated rings. The van der Waals surface area contributed by atoms with Gasteiger partial charge in [0.05, 0.1) is 16.4 Å². The lowest BCUT2D eigenvalue weighted by Crippen LogP contribution is -2.46. The van der Waals surface area contributed by atoms with Crippen molar-refractivity contribution in [3.8, 4) is 17.0 Å². The Bertz CT molecular complexity index is 739. The van der Waals surface area contributed by atoms with E-state index in [2.05, 4.69) is 24.2 Å². The highest BCUT2D eigenvalue weighted by Crippen LogP contribution is 2.38. The second kappa shape index (κ2) is 6.93. The molecule has 0 saturated heterocycles. The van der Waals surface area contributed by atoms with Crippen LogP contribution in [0.2, 0.25) is 0 Å². The first-order chi connectivity index (χ1) is 11.5. The van der Waals surface area contributed by atoms with Crippen LogP contribution >= 0.6 is 11.3 Å². The Hall–Kier alpha value is -1.88. The minimum absolute atomic E-state index is 0.0669. The number of amides is 1. The number of carbonyl (C=O) groups is 1. The first-order valence-corrected chi connectivity index (χ1v) is 9.42. The van der Waals surface area contributed by atoms with Crippen LogP contribution in [0, 0.1) is 12.8 Å². The zero-order chi connectivity index (χ0) is 17.3. The highest BCUT2D eigenvalue weighted by molar-refractivity contribution is 7.09. The molecule has 0 N–H and O–H groups in total. The van der Waals surface area contributed by atoms with E-state index in [1.54, 1.807) is 11.3 Å². The number of aromatic nitrogens is 1. The number of hydrogen-bond acceptors (Lipinski definition) is 4. The third-order valence-corrected chi connectivity index (χ3v) is 5.05. The lowest BCUT2D eigenvalue weighted by atomic mass is 10.1. The molecule has 0 aliphatic carbocycles. The largest absolute Gasteiger partial charge is 0.478 e. The molecular formula is C19H24N2O2S. The van der Waals surface area contributed by atoms with Crippen molar-refractivity contribution in [1.29, 1.82) is 0 Å². The van der Waals surface area contributed by atoms with Gasteiger partial charge in [-0.2, -0.15) is 0 Å². The van der Waals surface area contributed by atoms with E-state index in [1.165, 1.54) is 0 Å². The fraction of sp³-hybridized carbons (Fsp3) is 0.474. The predicted octanol–water partition coefficient (Wildman–Crippen LogP) is 4.67. The molecule has 0 bridgehead atoms. The summed E-state index contributed by atoms with van der Waals surface area (Å²) in [5, 5.41) is 3.09. The second-order valence-electron chi connectivity index (χ2n) is 6.62. The molecule has 3 rings (SSSR count). The van der Waals surface area contributed by atoms with Crippen LogP contribution < -0.4 is 9.64 Å². The highest BCUT2D eigenvalue weighted by Gasteiger charge is 2.33. The Morgan fingerprint density at radius 2 is 2.17 bits per heavy atom. The molecule has 0 spiro atoms. The van der Waals surface area contributed by atoms with Gasteiger partial charge in [0.15, 0.2) is 6.10 Å². The molecule has 2 heterocycles. The summed E-state index contributed by atoms with van der Waals surface area (Å²) in [5.74, 6) is 1.41. The predicted molar refractivity (Wildman–Crippen MR) is 98.8 cm³/mol. The molecule has 1 aromatic carbocycles. The number of rotatable bonds is 5. The van der Waals surface area contributed by atoms with E-state index >= 15 is 0 Å². The average molecular weight is 344 g/mol. The van der Waals surface area contributed by atoms with Gasteiger partial charge < -0.3 is 9.64 Å². The van der Waals surface area contributed by atoms with Gasteiger partial charge in [-0.15, -0.1) is 11.3 Å². The van der Waals surface area contributed by atoms with Crippen LogP contribution in [-0.4, -0.2) is 23.5 Å². The van der Waals surface area contributed by atoms with Gasteiger partial charge in [0.25, 0.3) is 5.91 Å². The molecule has 4 nitrogen and oxygen atoms in total. The lowest BCUT2D eigenvalue weighted by molar-refractivity contribution is -0.126. The van der Waals surface area contributed by atoms with E-state index in [-0.39, 0.29) is 12.0 Å². The van der Waals surface area contributed by atoms with Crippen molar-refractivity contribution in [2.45, 2.75) is 46.6 Å². The van der Waals surface area contributed by atoms with Crippen LogP contribution in [0.4, 0.5) is 5.69 Å². The van der Waals surface area contributed by atoms with E-state index in [4.69, 9.17) is 4.74 Å². The zero-order valence-electron chi connectivity index (χ0n) is 14.7. The smallest absolute Gasteiger partial charge is 0.268 e. The lowest BCUT2D eigenvalue weighted by Gasteiger charge is -2.34. The minimum atomic E-state index is -0.378. The maximum Gasteiger partial charge on any atom is 0.268 e. The fourth-order valence-corrected chi connectivity index (χ4v) is 3.48. The number of hydrogen-bond donors (Lipinski definition) is 0. The number of aryl methyl sites for hydroxylation is 1. The van der Waals surface area contributed by atoms with Crippen molar-refractivity contribution < 1.29 is 9.53 Å². The van der Waals surface area contributed by atoms with Crippen molar-refractivity contribution in [2.24, 2.45) is 5.92 Å². The third kappa shape index (κ3) is 3.31. The molecule has 1 aliphatic rings. The summed E-state index contributed by atoms with van der Waals surface area (Å²) in [7, 11) is 0. The number of fused-ring (bicyclic) bond motifs is 1. The fourth-order valence-electron chi connectivity index (χ4n) is 2.86. The molecule has 1 atom stereocenters. The van der Waals surface area contributed by atoms with Gasteiger partial charge in [0, 0.05) is 17.5 Å². The average Bonchev–Trinajstić information content (AvgIpc) is 2.99. The Labute approximate surface area is 147 Å². The van der Waals surface area contributed by atoms with Crippen LogP contribution in [0.5, 0.6) is 5.75 Å². The van der Waals surface area contributed by atoms with Gasteiger partial charge in [0.1, 0.15) is 5.75 Å². The summed E-state index contributed by atoms with van der Waals surface area (Å²) in [4.78, 5) is 19.2. The number of nitrogens with zero attached hydrogens (tertiary/aromatic N) is 2. The Balaban J connectivity index is 1.99. The third-order valence-electron chi connectivity index (χ3n) is 4.28. The summed E-state index contributed by atoms with van der Waals surface area (Å²) in [5.41, 5.74) is 2.85. The molecule has 2 aromatic rings. The SMILES string of the molecule is CCC1Oc2ccc(-c3csc(C)n3)cc2N(CCC(C)C)C1=O. The van der Waals surface area contributed by atoms with Gasteiger partial charge in [-0.25, -0.2) is 4.98 Å². The van der Waals surface area contributed by atoms with Crippen molar-refractivity contribution in [2.75, 3.05) is 11.4 Å². The van der Waals surface area contributed by atoms with E-state index in [1.807, 2.05) is 36.9 Å². The Morgan fingerprint density at radius 1 is 1.38 bits per heavy atom. The van der Waals surface area contributed by atoms with Crippen molar-refractivity contribution in [3.05, 3.63) is 28.6 Å². The first kappa shape index (κ1) is 17.0.